The van der Waals surface area contributed by atoms with Gasteiger partial charge in [-0.3, -0.25) is 4.79 Å². The van der Waals surface area contributed by atoms with Crippen LogP contribution < -0.4 is 0 Å². The molecule has 0 spiro atoms. The molecule has 1 heterocycles. The molecule has 0 amide bonds. The molecule has 2 unspecified atom stereocenters. The number of allylic oxidation sites excluding steroid dienone is 1. The Bertz CT molecular complexity index is 408. The Labute approximate surface area is 110 Å². The second-order valence-electron chi connectivity index (χ2n) is 3.71. The first-order valence-corrected chi connectivity index (χ1v) is 5.69. The van der Waals surface area contributed by atoms with Gasteiger partial charge in [-0.25, -0.2) is 0 Å². The highest BCUT2D eigenvalue weighted by Gasteiger charge is 2.24. The normalized spacial score (nSPS) is 21.2. The van der Waals surface area contributed by atoms with Crippen LogP contribution in [0.25, 0.3) is 0 Å². The molecule has 1 aliphatic heterocycles. The lowest BCUT2D eigenvalue weighted by atomic mass is 10.1. The second kappa shape index (κ2) is 8.26. The van der Waals surface area contributed by atoms with Gasteiger partial charge in [0.25, 0.3) is 0 Å². The van der Waals surface area contributed by atoms with E-state index in [4.69, 9.17) is 30.3 Å². The fourth-order valence-electron chi connectivity index (χ4n) is 1.45. The van der Waals surface area contributed by atoms with Crippen LogP contribution in [0.5, 0.6) is 0 Å². The van der Waals surface area contributed by atoms with Gasteiger partial charge in [0.1, 0.15) is 12.2 Å². The Balaban J connectivity index is 2.55. The molecule has 0 bridgehead atoms. The Hall–Kier alpha value is -1.88. The summed E-state index contributed by atoms with van der Waals surface area (Å²) in [5, 5.41) is 22.8. The van der Waals surface area contributed by atoms with Crippen LogP contribution in [0, 0.1) is 22.1 Å². The van der Waals surface area contributed by atoms with E-state index in [0.717, 1.165) is 18.5 Å². The van der Waals surface area contributed by atoms with Gasteiger partial charge in [-0.2, -0.15) is 5.26 Å². The summed E-state index contributed by atoms with van der Waals surface area (Å²) in [5.74, 6) is -0.641. The number of carbonyl (C=O) groups is 1. The summed E-state index contributed by atoms with van der Waals surface area (Å²) in [6, 6.07) is 1.73. The predicted octanol–water partition coefficient (Wildman–Crippen LogP) is 0.105. The number of nitrogens with zero attached hydrogens (tertiary/aromatic N) is 1. The van der Waals surface area contributed by atoms with E-state index in [9.17, 15) is 4.79 Å². The van der Waals surface area contributed by atoms with Crippen molar-refractivity contribution in [3.63, 3.8) is 0 Å². The number of nitrogens with one attached hydrogen (secondary N) is 2. The molecule has 0 aliphatic carbocycles. The standard InChI is InChI=1S/C12H15N3O4/c13-2-1-9(5-14)12(16)11(6-15)19-8-10-7-17-3-4-18-10/h1-2,5,10-11,13-14H,3-4,7-8H2/b9-1+,13-2?,14-5?. The minimum Gasteiger partial charge on any atom is -0.376 e. The maximum absolute atomic E-state index is 11.8. The molecule has 0 radical (unpaired) electrons. The molecule has 1 aliphatic rings. The highest BCUT2D eigenvalue weighted by molar-refractivity contribution is 6.17. The number of nitriles is 1. The molecule has 1 saturated heterocycles. The summed E-state index contributed by atoms with van der Waals surface area (Å²) in [6.45, 7) is 1.41. The minimum atomic E-state index is -1.31. The molecule has 0 aromatic carbocycles. The lowest BCUT2D eigenvalue weighted by Gasteiger charge is -2.23. The maximum atomic E-state index is 11.8. The van der Waals surface area contributed by atoms with Gasteiger partial charge in [0.05, 0.1) is 26.4 Å². The fraction of sp³-hybridized carbons (Fsp3) is 0.500. The number of rotatable bonds is 7. The highest BCUT2D eigenvalue weighted by atomic mass is 16.6. The lowest BCUT2D eigenvalue weighted by molar-refractivity contribution is -0.135. The van der Waals surface area contributed by atoms with Crippen molar-refractivity contribution in [3.05, 3.63) is 11.6 Å². The Morgan fingerprint density at radius 2 is 2.32 bits per heavy atom. The zero-order valence-corrected chi connectivity index (χ0v) is 10.3. The van der Waals surface area contributed by atoms with E-state index in [1.54, 1.807) is 6.07 Å². The van der Waals surface area contributed by atoms with E-state index in [0.29, 0.717) is 19.8 Å². The molecular formula is C12H15N3O4. The number of Topliss-reactive ketones (excluding diaryl/α,β-unsaturated/α-hetero) is 1. The van der Waals surface area contributed by atoms with E-state index in [1.165, 1.54) is 0 Å². The SMILES string of the molecule is N#CC(OCC1COCCO1)C(=O)/C(C=N)=C/C=N. The first kappa shape index (κ1) is 15.2. The average Bonchev–Trinajstić information content (AvgIpc) is 2.46. The molecule has 0 saturated carbocycles. The zero-order valence-electron chi connectivity index (χ0n) is 10.3. The van der Waals surface area contributed by atoms with Gasteiger partial charge in [-0.1, -0.05) is 0 Å². The van der Waals surface area contributed by atoms with Gasteiger partial charge in [0, 0.05) is 18.0 Å². The van der Waals surface area contributed by atoms with Crippen molar-refractivity contribution in [2.24, 2.45) is 0 Å². The highest BCUT2D eigenvalue weighted by Crippen LogP contribution is 2.06. The molecule has 7 nitrogen and oxygen atoms in total. The number of hydrogen-bond acceptors (Lipinski definition) is 7. The Kier molecular flexibility index (Phi) is 6.60. The Morgan fingerprint density at radius 1 is 1.53 bits per heavy atom. The summed E-state index contributed by atoms with van der Waals surface area (Å²) in [4.78, 5) is 11.8. The van der Waals surface area contributed by atoms with Crippen LogP contribution in [-0.4, -0.2) is 56.8 Å². The van der Waals surface area contributed by atoms with E-state index in [1.807, 2.05) is 0 Å². The average molecular weight is 265 g/mol. The first-order valence-electron chi connectivity index (χ1n) is 5.69. The third kappa shape index (κ3) is 4.71. The maximum Gasteiger partial charge on any atom is 0.207 e. The van der Waals surface area contributed by atoms with Gasteiger partial charge in [-0.05, 0) is 6.08 Å². The van der Waals surface area contributed by atoms with Crippen molar-refractivity contribution in [2.45, 2.75) is 12.2 Å². The molecule has 102 valence electrons. The number of ketones is 1. The van der Waals surface area contributed by atoms with Crippen molar-refractivity contribution in [2.75, 3.05) is 26.4 Å². The van der Waals surface area contributed by atoms with Crippen molar-refractivity contribution >= 4 is 18.2 Å². The van der Waals surface area contributed by atoms with Crippen molar-refractivity contribution < 1.29 is 19.0 Å². The molecule has 2 atom stereocenters. The first-order chi connectivity index (χ1) is 9.22. The topological polar surface area (TPSA) is 116 Å². The van der Waals surface area contributed by atoms with Crippen LogP contribution in [0.15, 0.2) is 11.6 Å². The number of carbonyl (C=O) groups excluding carboxylic acids is 1. The van der Waals surface area contributed by atoms with Crippen molar-refractivity contribution in [3.8, 4) is 6.07 Å². The molecule has 0 aromatic heterocycles. The quantitative estimate of drug-likeness (QED) is 0.500. The summed E-state index contributed by atoms with van der Waals surface area (Å²) in [5.41, 5.74) is -0.0534. The predicted molar refractivity (Wildman–Crippen MR) is 66.6 cm³/mol. The van der Waals surface area contributed by atoms with Gasteiger partial charge in [0.2, 0.25) is 11.9 Å². The summed E-state index contributed by atoms with van der Waals surface area (Å²) >= 11 is 0. The van der Waals surface area contributed by atoms with Gasteiger partial charge >= 0.3 is 0 Å². The van der Waals surface area contributed by atoms with Gasteiger partial charge in [0.15, 0.2) is 0 Å². The van der Waals surface area contributed by atoms with E-state index >= 15 is 0 Å². The third-order valence-electron chi connectivity index (χ3n) is 2.39. The third-order valence-corrected chi connectivity index (χ3v) is 2.39. The van der Waals surface area contributed by atoms with E-state index in [2.05, 4.69) is 0 Å². The van der Waals surface area contributed by atoms with E-state index in [-0.39, 0.29) is 18.3 Å². The molecular weight excluding hydrogens is 250 g/mol. The lowest BCUT2D eigenvalue weighted by Crippen LogP contribution is -2.35. The van der Waals surface area contributed by atoms with Gasteiger partial charge in [-0.15, -0.1) is 0 Å². The van der Waals surface area contributed by atoms with Crippen LogP contribution in [0.4, 0.5) is 0 Å². The largest absolute Gasteiger partial charge is 0.376 e. The molecule has 0 aromatic rings. The number of ether oxygens (including phenoxy) is 3. The monoisotopic (exact) mass is 265 g/mol. The fourth-order valence-corrected chi connectivity index (χ4v) is 1.45. The zero-order chi connectivity index (χ0) is 14.1. The Morgan fingerprint density at radius 3 is 2.84 bits per heavy atom. The summed E-state index contributed by atoms with van der Waals surface area (Å²) < 4.78 is 15.7. The van der Waals surface area contributed by atoms with Crippen LogP contribution in [0.2, 0.25) is 0 Å². The van der Waals surface area contributed by atoms with Crippen molar-refractivity contribution in [1.82, 2.24) is 0 Å². The van der Waals surface area contributed by atoms with Crippen LogP contribution in [0.1, 0.15) is 0 Å². The summed E-state index contributed by atoms with van der Waals surface area (Å²) in [6.07, 6.45) is 1.21. The molecule has 2 N–H and O–H groups in total. The number of hydrogen-bond donors (Lipinski definition) is 2. The molecule has 19 heavy (non-hydrogen) atoms. The summed E-state index contributed by atoms with van der Waals surface area (Å²) in [7, 11) is 0. The molecule has 7 heteroatoms. The second-order valence-corrected chi connectivity index (χ2v) is 3.71. The molecule has 1 rings (SSSR count). The van der Waals surface area contributed by atoms with E-state index < -0.39 is 11.9 Å². The van der Waals surface area contributed by atoms with Crippen molar-refractivity contribution in [1.29, 1.82) is 16.1 Å². The molecule has 1 fully saturated rings. The van der Waals surface area contributed by atoms with Crippen LogP contribution in [-0.2, 0) is 19.0 Å². The smallest absolute Gasteiger partial charge is 0.207 e. The van der Waals surface area contributed by atoms with Gasteiger partial charge < -0.3 is 25.0 Å². The van der Waals surface area contributed by atoms with Crippen LogP contribution in [0.3, 0.4) is 0 Å². The van der Waals surface area contributed by atoms with Crippen LogP contribution >= 0.6 is 0 Å². The minimum absolute atomic E-state index is 0.0534.